The lowest BCUT2D eigenvalue weighted by Gasteiger charge is -2.12. The number of hydrogen-bond donors (Lipinski definition) is 0. The van der Waals surface area contributed by atoms with Crippen LogP contribution in [0.4, 0.5) is 0 Å². The van der Waals surface area contributed by atoms with Crippen LogP contribution >= 0.6 is 23.2 Å². The minimum absolute atomic E-state index is 0.328. The van der Waals surface area contributed by atoms with E-state index in [-0.39, 0.29) is 0 Å². The van der Waals surface area contributed by atoms with E-state index in [1.807, 2.05) is 0 Å². The quantitative estimate of drug-likeness (QED) is 0.633. The summed E-state index contributed by atoms with van der Waals surface area (Å²) in [5.74, 6) is 0.663. The number of nitrogens with zero attached hydrogens (tertiary/aromatic N) is 1. The Balaban J connectivity index is 2.62. The van der Waals surface area contributed by atoms with E-state index >= 15 is 0 Å². The molecule has 2 nitrogen and oxygen atoms in total. The maximum absolute atomic E-state index is 5.88. The molecule has 0 spiro atoms. The molecule has 0 atom stereocenters. The van der Waals surface area contributed by atoms with Gasteiger partial charge in [0.05, 0.1) is 5.02 Å². The van der Waals surface area contributed by atoms with Gasteiger partial charge in [0.15, 0.2) is 6.73 Å². The largest absolute Gasteiger partial charge is 0.469 e. The van der Waals surface area contributed by atoms with Crippen molar-refractivity contribution in [1.82, 2.24) is 0 Å². The second-order valence-corrected chi connectivity index (χ2v) is 3.23. The molecule has 2 rings (SSSR count). The summed E-state index contributed by atoms with van der Waals surface area (Å²) in [6, 6.07) is 3.42. The van der Waals surface area contributed by atoms with Crippen molar-refractivity contribution >= 4 is 29.4 Å². The lowest BCUT2D eigenvalue weighted by molar-refractivity contribution is 0.326. The molecule has 0 saturated heterocycles. The van der Waals surface area contributed by atoms with Gasteiger partial charge >= 0.3 is 0 Å². The van der Waals surface area contributed by atoms with Gasteiger partial charge in [-0.2, -0.15) is 0 Å². The molecule has 62 valence electrons. The third kappa shape index (κ3) is 1.28. The summed E-state index contributed by atoms with van der Waals surface area (Å²) >= 11 is 11.7. The first-order chi connectivity index (χ1) is 5.77. The zero-order valence-corrected chi connectivity index (χ0v) is 7.56. The fourth-order valence-corrected chi connectivity index (χ4v) is 1.63. The second kappa shape index (κ2) is 2.96. The molecule has 0 aromatic heterocycles. The molecule has 0 N–H and O–H groups in total. The molecule has 0 fully saturated rings. The van der Waals surface area contributed by atoms with Gasteiger partial charge in [-0.15, -0.1) is 0 Å². The molecule has 0 unspecified atom stereocenters. The van der Waals surface area contributed by atoms with Gasteiger partial charge in [-0.1, -0.05) is 23.2 Å². The zero-order valence-electron chi connectivity index (χ0n) is 6.05. The Kier molecular flexibility index (Phi) is 1.95. The van der Waals surface area contributed by atoms with Crippen molar-refractivity contribution in [2.24, 2.45) is 4.99 Å². The molecule has 1 aliphatic rings. The van der Waals surface area contributed by atoms with Crippen LogP contribution in [-0.2, 0) is 0 Å². The molecule has 1 aromatic carbocycles. The van der Waals surface area contributed by atoms with Crippen LogP contribution < -0.4 is 4.74 Å². The van der Waals surface area contributed by atoms with Crippen LogP contribution in [0.3, 0.4) is 0 Å². The van der Waals surface area contributed by atoms with E-state index in [0.29, 0.717) is 22.5 Å². The Morgan fingerprint density at radius 3 is 3.00 bits per heavy atom. The summed E-state index contributed by atoms with van der Waals surface area (Å²) in [6.45, 7) is 0.328. The van der Waals surface area contributed by atoms with Crippen LogP contribution in [0.2, 0.25) is 10.0 Å². The average Bonchev–Trinajstić information content (AvgIpc) is 2.04. The van der Waals surface area contributed by atoms with E-state index in [0.717, 1.165) is 5.56 Å². The van der Waals surface area contributed by atoms with Crippen molar-refractivity contribution in [3.63, 3.8) is 0 Å². The fraction of sp³-hybridized carbons (Fsp3) is 0.125. The molecule has 1 aliphatic heterocycles. The maximum Gasteiger partial charge on any atom is 0.179 e. The highest BCUT2D eigenvalue weighted by atomic mass is 35.5. The number of benzene rings is 1. The van der Waals surface area contributed by atoms with Crippen LogP contribution in [0.25, 0.3) is 0 Å². The first-order valence-electron chi connectivity index (χ1n) is 3.39. The van der Waals surface area contributed by atoms with Gasteiger partial charge in [0.1, 0.15) is 5.75 Å². The number of rotatable bonds is 0. The number of ether oxygens (including phenoxy) is 1. The molecule has 0 radical (unpaired) electrons. The zero-order chi connectivity index (χ0) is 8.55. The number of aliphatic imine (C=N–C) groups is 1. The van der Waals surface area contributed by atoms with Crippen LogP contribution in [0, 0.1) is 0 Å². The van der Waals surface area contributed by atoms with Crippen molar-refractivity contribution in [1.29, 1.82) is 0 Å². The molecule has 1 aromatic rings. The summed E-state index contributed by atoms with van der Waals surface area (Å²) in [5.41, 5.74) is 0.832. The highest BCUT2D eigenvalue weighted by Crippen LogP contribution is 2.32. The van der Waals surface area contributed by atoms with Crippen LogP contribution in [-0.4, -0.2) is 12.9 Å². The highest BCUT2D eigenvalue weighted by Gasteiger charge is 2.11. The summed E-state index contributed by atoms with van der Waals surface area (Å²) in [5, 5.41) is 1.12. The fourth-order valence-electron chi connectivity index (χ4n) is 1.07. The van der Waals surface area contributed by atoms with E-state index < -0.39 is 0 Å². The van der Waals surface area contributed by atoms with Crippen LogP contribution in [0.15, 0.2) is 17.1 Å². The van der Waals surface area contributed by atoms with Crippen molar-refractivity contribution in [3.05, 3.63) is 27.7 Å². The molecule has 12 heavy (non-hydrogen) atoms. The van der Waals surface area contributed by atoms with E-state index in [9.17, 15) is 0 Å². The van der Waals surface area contributed by atoms with Crippen molar-refractivity contribution in [3.8, 4) is 5.75 Å². The van der Waals surface area contributed by atoms with Gasteiger partial charge in [0, 0.05) is 16.8 Å². The first-order valence-corrected chi connectivity index (χ1v) is 4.14. The third-order valence-corrected chi connectivity index (χ3v) is 2.05. The minimum Gasteiger partial charge on any atom is -0.469 e. The van der Waals surface area contributed by atoms with E-state index in [1.165, 1.54) is 0 Å². The summed E-state index contributed by atoms with van der Waals surface area (Å²) in [7, 11) is 0. The van der Waals surface area contributed by atoms with Gasteiger partial charge in [-0.3, -0.25) is 4.99 Å². The first kappa shape index (κ1) is 7.90. The smallest absolute Gasteiger partial charge is 0.179 e. The predicted octanol–water partition coefficient (Wildman–Crippen LogP) is 2.76. The molecule has 0 saturated carbocycles. The normalized spacial score (nSPS) is 13.8. The predicted molar refractivity (Wildman–Crippen MR) is 49.6 cm³/mol. The van der Waals surface area contributed by atoms with E-state index in [1.54, 1.807) is 18.3 Å². The molecule has 0 amide bonds. The topological polar surface area (TPSA) is 21.6 Å². The standard InChI is InChI=1S/C8H5Cl2NO/c9-6-1-5-3-11-4-12-8(5)7(10)2-6/h1-3H,4H2. The monoisotopic (exact) mass is 201 g/mol. The molecule has 4 heteroatoms. The SMILES string of the molecule is Clc1cc(Cl)c2c(c1)C=NCO2. The van der Waals surface area contributed by atoms with Gasteiger partial charge in [0.2, 0.25) is 0 Å². The lowest BCUT2D eigenvalue weighted by atomic mass is 10.2. The maximum atomic E-state index is 5.88. The van der Waals surface area contributed by atoms with Gasteiger partial charge in [-0.05, 0) is 12.1 Å². The Morgan fingerprint density at radius 2 is 2.17 bits per heavy atom. The number of halogens is 2. The van der Waals surface area contributed by atoms with Crippen LogP contribution in [0.5, 0.6) is 5.75 Å². The Hall–Kier alpha value is -0.730. The highest BCUT2D eigenvalue weighted by molar-refractivity contribution is 6.36. The average molecular weight is 202 g/mol. The third-order valence-electron chi connectivity index (χ3n) is 1.55. The van der Waals surface area contributed by atoms with E-state index in [2.05, 4.69) is 4.99 Å². The van der Waals surface area contributed by atoms with Gasteiger partial charge in [0.25, 0.3) is 0 Å². The molecule has 0 bridgehead atoms. The van der Waals surface area contributed by atoms with E-state index in [4.69, 9.17) is 27.9 Å². The Labute approximate surface area is 79.8 Å². The summed E-state index contributed by atoms with van der Waals surface area (Å²) in [6.07, 6.45) is 1.70. The van der Waals surface area contributed by atoms with Crippen LogP contribution in [0.1, 0.15) is 5.56 Å². The Bertz CT molecular complexity index is 349. The molecular formula is C8H5Cl2NO. The van der Waals surface area contributed by atoms with Crippen molar-refractivity contribution < 1.29 is 4.74 Å². The van der Waals surface area contributed by atoms with Crippen molar-refractivity contribution in [2.45, 2.75) is 0 Å². The van der Waals surface area contributed by atoms with Crippen molar-refractivity contribution in [2.75, 3.05) is 6.73 Å². The second-order valence-electron chi connectivity index (χ2n) is 2.39. The molecular weight excluding hydrogens is 197 g/mol. The lowest BCUT2D eigenvalue weighted by Crippen LogP contribution is -2.04. The van der Waals surface area contributed by atoms with Gasteiger partial charge < -0.3 is 4.74 Å². The number of fused-ring (bicyclic) bond motifs is 1. The minimum atomic E-state index is 0.328. The van der Waals surface area contributed by atoms with Gasteiger partial charge in [-0.25, -0.2) is 0 Å². The Morgan fingerprint density at radius 1 is 1.33 bits per heavy atom. The molecule has 1 heterocycles. The molecule has 0 aliphatic carbocycles. The summed E-state index contributed by atoms with van der Waals surface area (Å²) in [4.78, 5) is 3.94. The summed E-state index contributed by atoms with van der Waals surface area (Å²) < 4.78 is 5.22. The number of hydrogen-bond acceptors (Lipinski definition) is 2.